The molecule has 1 amide bonds. The minimum Gasteiger partial charge on any atom is -0.338 e. The molecule has 1 aromatic carbocycles. The highest BCUT2D eigenvalue weighted by molar-refractivity contribution is 6.32. The number of piperazine rings is 1. The number of amides is 1. The van der Waals surface area contributed by atoms with Crippen LogP contribution in [0.2, 0.25) is 5.02 Å². The summed E-state index contributed by atoms with van der Waals surface area (Å²) in [6, 6.07) is 7.94. The van der Waals surface area contributed by atoms with E-state index in [0.717, 1.165) is 11.0 Å². The third-order valence-electron chi connectivity index (χ3n) is 5.10. The Kier molecular flexibility index (Phi) is 5.38. The van der Waals surface area contributed by atoms with Gasteiger partial charge in [0, 0.05) is 33.2 Å². The number of hydrogen-bond donors (Lipinski definition) is 0. The number of carbonyl (C=O) groups excluding carboxylic acids is 1. The van der Waals surface area contributed by atoms with Gasteiger partial charge in [0.2, 0.25) is 11.9 Å². The fourth-order valence-electron chi connectivity index (χ4n) is 3.55. The molecule has 0 radical (unpaired) electrons. The second-order valence-corrected chi connectivity index (χ2v) is 7.86. The number of fused-ring (bicyclic) bond motifs is 1. The molecule has 0 saturated carbocycles. The van der Waals surface area contributed by atoms with Crippen LogP contribution >= 0.6 is 11.6 Å². The predicted octanol–water partition coefficient (Wildman–Crippen LogP) is 1.89. The summed E-state index contributed by atoms with van der Waals surface area (Å²) < 4.78 is 1.99. The Labute approximate surface area is 174 Å². The molecule has 0 spiro atoms. The molecule has 9 heteroatoms. The number of aromatic nitrogens is 4. The van der Waals surface area contributed by atoms with Gasteiger partial charge in [0.25, 0.3) is 0 Å². The second-order valence-electron chi connectivity index (χ2n) is 7.46. The average molecular weight is 414 g/mol. The van der Waals surface area contributed by atoms with Crippen LogP contribution in [0.4, 0.5) is 5.95 Å². The molecule has 3 aromatic rings. The molecular weight excluding hydrogens is 390 g/mol. The maximum absolute atomic E-state index is 12.3. The highest BCUT2D eigenvalue weighted by Crippen LogP contribution is 2.29. The van der Waals surface area contributed by atoms with Crippen molar-refractivity contribution in [3.63, 3.8) is 0 Å². The van der Waals surface area contributed by atoms with Gasteiger partial charge in [-0.15, -0.1) is 0 Å². The van der Waals surface area contributed by atoms with Crippen molar-refractivity contribution in [1.29, 1.82) is 0 Å². The van der Waals surface area contributed by atoms with Gasteiger partial charge in [0.15, 0.2) is 5.82 Å². The van der Waals surface area contributed by atoms with Gasteiger partial charge >= 0.3 is 0 Å². The number of rotatable bonds is 4. The summed E-state index contributed by atoms with van der Waals surface area (Å²) in [7, 11) is 5.76. The van der Waals surface area contributed by atoms with E-state index in [1.54, 1.807) is 6.20 Å². The largest absolute Gasteiger partial charge is 0.338 e. The normalized spacial score (nSPS) is 14.8. The highest BCUT2D eigenvalue weighted by Gasteiger charge is 2.24. The highest BCUT2D eigenvalue weighted by atomic mass is 35.5. The van der Waals surface area contributed by atoms with Crippen LogP contribution in [0, 0.1) is 0 Å². The smallest absolute Gasteiger partial charge is 0.236 e. The maximum atomic E-state index is 12.3. The van der Waals surface area contributed by atoms with Gasteiger partial charge in [-0.1, -0.05) is 23.7 Å². The van der Waals surface area contributed by atoms with Crippen molar-refractivity contribution >= 4 is 34.5 Å². The first-order chi connectivity index (χ1) is 13.9. The minimum atomic E-state index is 0.145. The van der Waals surface area contributed by atoms with Gasteiger partial charge < -0.3 is 19.3 Å². The number of anilines is 1. The molecule has 1 aliphatic heterocycles. The molecule has 29 heavy (non-hydrogen) atoms. The van der Waals surface area contributed by atoms with Crippen LogP contribution in [0.3, 0.4) is 0 Å². The van der Waals surface area contributed by atoms with Gasteiger partial charge in [-0.3, -0.25) is 4.79 Å². The van der Waals surface area contributed by atoms with Crippen LogP contribution in [-0.2, 0) is 11.8 Å². The summed E-state index contributed by atoms with van der Waals surface area (Å²) in [6.07, 6.45) is 1.63. The van der Waals surface area contributed by atoms with Crippen molar-refractivity contribution in [2.24, 2.45) is 7.05 Å². The summed E-state index contributed by atoms with van der Waals surface area (Å²) in [5, 5.41) is 0.465. The topological polar surface area (TPSA) is 70.4 Å². The molecular formula is C20H24ClN7O. The van der Waals surface area contributed by atoms with E-state index < -0.39 is 0 Å². The SMILES string of the molecule is CN(C)CC(=O)N1CCN(c2ncc(Cl)c(-c3nc4ccccc4n3C)n2)CC1. The Morgan fingerprint density at radius 2 is 1.86 bits per heavy atom. The van der Waals surface area contributed by atoms with Crippen LogP contribution in [0.15, 0.2) is 30.5 Å². The summed E-state index contributed by atoms with van der Waals surface area (Å²) in [5.74, 6) is 1.46. The number of likely N-dealkylation sites (N-methyl/N-ethyl adjacent to an activating group) is 1. The lowest BCUT2D eigenvalue weighted by Crippen LogP contribution is -2.51. The first-order valence-electron chi connectivity index (χ1n) is 9.56. The van der Waals surface area contributed by atoms with E-state index in [0.29, 0.717) is 55.2 Å². The Bertz CT molecular complexity index is 1040. The van der Waals surface area contributed by atoms with Gasteiger partial charge in [-0.05, 0) is 26.2 Å². The van der Waals surface area contributed by atoms with Crippen molar-refractivity contribution in [2.75, 3.05) is 51.7 Å². The van der Waals surface area contributed by atoms with E-state index in [-0.39, 0.29) is 5.91 Å². The van der Waals surface area contributed by atoms with Crippen LogP contribution in [-0.4, -0.2) is 82.0 Å². The van der Waals surface area contributed by atoms with E-state index in [1.165, 1.54) is 0 Å². The summed E-state index contributed by atoms with van der Waals surface area (Å²) >= 11 is 6.43. The van der Waals surface area contributed by atoms with Crippen LogP contribution < -0.4 is 4.90 Å². The van der Waals surface area contributed by atoms with E-state index in [4.69, 9.17) is 21.6 Å². The number of aryl methyl sites for hydroxylation is 1. The van der Waals surface area contributed by atoms with Crippen molar-refractivity contribution in [1.82, 2.24) is 29.3 Å². The summed E-state index contributed by atoms with van der Waals surface area (Å²) in [5.41, 5.74) is 2.53. The number of hydrogen-bond acceptors (Lipinski definition) is 6. The van der Waals surface area contributed by atoms with Crippen molar-refractivity contribution in [2.45, 2.75) is 0 Å². The third kappa shape index (κ3) is 3.90. The lowest BCUT2D eigenvalue weighted by molar-refractivity contribution is -0.132. The Morgan fingerprint density at radius 1 is 1.14 bits per heavy atom. The first-order valence-corrected chi connectivity index (χ1v) is 9.93. The number of nitrogens with zero attached hydrogens (tertiary/aromatic N) is 7. The fraction of sp³-hybridized carbons (Fsp3) is 0.400. The molecule has 0 unspecified atom stereocenters. The van der Waals surface area contributed by atoms with Crippen LogP contribution in [0.1, 0.15) is 0 Å². The molecule has 0 atom stereocenters. The lowest BCUT2D eigenvalue weighted by atomic mass is 10.3. The monoisotopic (exact) mass is 413 g/mol. The zero-order chi connectivity index (χ0) is 20.5. The second kappa shape index (κ2) is 7.96. The third-order valence-corrected chi connectivity index (χ3v) is 5.37. The quantitative estimate of drug-likeness (QED) is 0.650. The van der Waals surface area contributed by atoms with Crippen molar-refractivity contribution < 1.29 is 4.79 Å². The summed E-state index contributed by atoms with van der Waals surface area (Å²) in [6.45, 7) is 3.10. The number of benzene rings is 1. The molecule has 1 fully saturated rings. The van der Waals surface area contributed by atoms with Crippen LogP contribution in [0.25, 0.3) is 22.6 Å². The van der Waals surface area contributed by atoms with Crippen LogP contribution in [0.5, 0.6) is 0 Å². The van der Waals surface area contributed by atoms with E-state index in [2.05, 4.69) is 9.88 Å². The van der Waals surface area contributed by atoms with Gasteiger partial charge in [0.1, 0.15) is 5.69 Å². The molecule has 1 aliphatic rings. The molecule has 1 saturated heterocycles. The molecule has 0 aliphatic carbocycles. The number of carbonyl (C=O) groups is 1. The Hall–Kier alpha value is -2.71. The lowest BCUT2D eigenvalue weighted by Gasteiger charge is -2.35. The van der Waals surface area contributed by atoms with Gasteiger partial charge in [-0.25, -0.2) is 15.0 Å². The maximum Gasteiger partial charge on any atom is 0.236 e. The van der Waals surface area contributed by atoms with Crippen molar-refractivity contribution in [3.05, 3.63) is 35.5 Å². The van der Waals surface area contributed by atoms with E-state index in [9.17, 15) is 4.79 Å². The molecule has 8 nitrogen and oxygen atoms in total. The van der Waals surface area contributed by atoms with Crippen molar-refractivity contribution in [3.8, 4) is 11.5 Å². The zero-order valence-corrected chi connectivity index (χ0v) is 17.6. The molecule has 0 bridgehead atoms. The first kappa shape index (κ1) is 19.6. The Morgan fingerprint density at radius 3 is 2.55 bits per heavy atom. The Balaban J connectivity index is 1.56. The molecule has 0 N–H and O–H groups in total. The number of imidazole rings is 1. The van der Waals surface area contributed by atoms with Gasteiger partial charge in [0.05, 0.1) is 28.8 Å². The number of para-hydroxylation sites is 2. The molecule has 3 heterocycles. The molecule has 4 rings (SSSR count). The minimum absolute atomic E-state index is 0.145. The van der Waals surface area contributed by atoms with E-state index in [1.807, 2.05) is 59.8 Å². The molecule has 152 valence electrons. The molecule has 2 aromatic heterocycles. The predicted molar refractivity (Wildman–Crippen MR) is 114 cm³/mol. The average Bonchev–Trinajstić information content (AvgIpc) is 3.05. The summed E-state index contributed by atoms with van der Waals surface area (Å²) in [4.78, 5) is 32.0. The van der Waals surface area contributed by atoms with Gasteiger partial charge in [-0.2, -0.15) is 0 Å². The standard InChI is InChI=1S/C20H24ClN7O/c1-25(2)13-17(29)27-8-10-28(11-9-27)20-22-12-14(21)18(24-20)19-23-15-6-4-5-7-16(15)26(19)3/h4-7,12H,8-11,13H2,1-3H3. The zero-order valence-electron chi connectivity index (χ0n) is 16.8. The number of halogens is 1. The van der Waals surface area contributed by atoms with E-state index >= 15 is 0 Å². The fourth-order valence-corrected chi connectivity index (χ4v) is 3.73.